The predicted molar refractivity (Wildman–Crippen MR) is 66.0 cm³/mol. The molecule has 3 rings (SSSR count). The van der Waals surface area contributed by atoms with Gasteiger partial charge in [-0.15, -0.1) is 0 Å². The summed E-state index contributed by atoms with van der Waals surface area (Å²) in [6, 6.07) is 2.91. The summed E-state index contributed by atoms with van der Waals surface area (Å²) >= 11 is 0. The second-order valence-corrected chi connectivity index (χ2v) is 5.48. The number of carboxylic acids is 1. The summed E-state index contributed by atoms with van der Waals surface area (Å²) in [5, 5.41) is 13.5. The van der Waals surface area contributed by atoms with Crippen molar-refractivity contribution in [1.82, 2.24) is 14.7 Å². The molecule has 2 aliphatic heterocycles. The van der Waals surface area contributed by atoms with E-state index in [0.29, 0.717) is 6.04 Å². The molecule has 2 fully saturated rings. The van der Waals surface area contributed by atoms with E-state index in [4.69, 9.17) is 0 Å². The van der Waals surface area contributed by atoms with Gasteiger partial charge in [-0.25, -0.2) is 0 Å². The summed E-state index contributed by atoms with van der Waals surface area (Å²) in [7, 11) is 1.94. The number of aliphatic carboxylic acids is 1. The molecule has 0 aliphatic carbocycles. The molecule has 1 N–H and O–H groups in total. The van der Waals surface area contributed by atoms with Crippen LogP contribution in [0.2, 0.25) is 0 Å². The first-order valence-corrected chi connectivity index (χ1v) is 6.57. The van der Waals surface area contributed by atoms with E-state index in [2.05, 4.69) is 16.9 Å². The number of rotatable bonds is 3. The molecule has 5 heteroatoms. The van der Waals surface area contributed by atoms with Crippen LogP contribution >= 0.6 is 0 Å². The summed E-state index contributed by atoms with van der Waals surface area (Å²) in [5.41, 5.74) is 1.16. The Labute approximate surface area is 106 Å². The normalized spacial score (nSPS) is 32.9. The van der Waals surface area contributed by atoms with Crippen molar-refractivity contribution in [3.8, 4) is 0 Å². The highest BCUT2D eigenvalue weighted by Gasteiger charge is 2.51. The average Bonchev–Trinajstić information content (AvgIpc) is 3.01. The highest BCUT2D eigenvalue weighted by atomic mass is 16.4. The number of hydrogen-bond acceptors (Lipinski definition) is 3. The van der Waals surface area contributed by atoms with Crippen LogP contribution in [0.4, 0.5) is 0 Å². The molecule has 2 aliphatic rings. The summed E-state index contributed by atoms with van der Waals surface area (Å²) in [5.74, 6) is -0.816. The number of aromatic nitrogens is 2. The predicted octanol–water partition coefficient (Wildman–Crippen LogP) is 1.42. The zero-order chi connectivity index (χ0) is 12.9. The van der Waals surface area contributed by atoms with Crippen molar-refractivity contribution < 1.29 is 9.90 Å². The molecule has 0 saturated carbocycles. The second kappa shape index (κ2) is 4.09. The van der Waals surface area contributed by atoms with E-state index < -0.39 is 5.97 Å². The summed E-state index contributed by atoms with van der Waals surface area (Å²) in [4.78, 5) is 13.7. The molecule has 2 bridgehead atoms. The minimum Gasteiger partial charge on any atom is -0.481 e. The minimum absolute atomic E-state index is 0.181. The molecule has 0 amide bonds. The number of hydrogen-bond donors (Lipinski definition) is 1. The Bertz CT molecular complexity index is 471. The second-order valence-electron chi connectivity index (χ2n) is 5.48. The maximum atomic E-state index is 11.3. The lowest BCUT2D eigenvalue weighted by molar-refractivity contribution is -0.142. The van der Waals surface area contributed by atoms with Gasteiger partial charge in [-0.1, -0.05) is 0 Å². The molecule has 0 radical (unpaired) electrons. The lowest BCUT2D eigenvalue weighted by Gasteiger charge is -2.29. The maximum absolute atomic E-state index is 11.3. The van der Waals surface area contributed by atoms with Crippen molar-refractivity contribution in [2.45, 2.75) is 44.3 Å². The first kappa shape index (κ1) is 11.7. The van der Waals surface area contributed by atoms with Gasteiger partial charge < -0.3 is 5.11 Å². The third-order valence-electron chi connectivity index (χ3n) is 4.64. The van der Waals surface area contributed by atoms with Crippen LogP contribution < -0.4 is 0 Å². The Morgan fingerprint density at radius 3 is 2.89 bits per heavy atom. The molecular formula is C13H19N3O2. The van der Waals surface area contributed by atoms with Gasteiger partial charge in [0.05, 0.1) is 11.6 Å². The fourth-order valence-electron chi connectivity index (χ4n) is 3.85. The van der Waals surface area contributed by atoms with Crippen LogP contribution in [-0.2, 0) is 11.8 Å². The van der Waals surface area contributed by atoms with E-state index in [1.807, 2.05) is 17.8 Å². The Morgan fingerprint density at radius 2 is 2.33 bits per heavy atom. The van der Waals surface area contributed by atoms with Gasteiger partial charge in [0.1, 0.15) is 0 Å². The molecule has 3 heterocycles. The molecule has 1 aromatic heterocycles. The first-order valence-electron chi connectivity index (χ1n) is 6.57. The van der Waals surface area contributed by atoms with E-state index in [1.54, 1.807) is 6.20 Å². The SMILES string of the molecule is CC(c1ccnn1C)N1C2CCC1C(C(=O)O)C2. The standard InChI is InChI=1S/C13H19N3O2/c1-8(11-5-6-14-15(11)2)16-9-3-4-12(16)10(7-9)13(17)18/h5-6,8-10,12H,3-4,7H2,1-2H3,(H,17,18). The van der Waals surface area contributed by atoms with Crippen molar-refractivity contribution in [3.05, 3.63) is 18.0 Å². The van der Waals surface area contributed by atoms with Crippen LogP contribution in [0.5, 0.6) is 0 Å². The first-order chi connectivity index (χ1) is 8.59. The van der Waals surface area contributed by atoms with Crippen molar-refractivity contribution in [2.75, 3.05) is 0 Å². The monoisotopic (exact) mass is 249 g/mol. The number of fused-ring (bicyclic) bond motifs is 2. The van der Waals surface area contributed by atoms with Crippen LogP contribution in [0.25, 0.3) is 0 Å². The molecule has 0 spiro atoms. The van der Waals surface area contributed by atoms with Crippen LogP contribution in [0.1, 0.15) is 37.9 Å². The zero-order valence-corrected chi connectivity index (χ0v) is 10.8. The minimum atomic E-state index is -0.635. The van der Waals surface area contributed by atoms with Crippen molar-refractivity contribution in [3.63, 3.8) is 0 Å². The van der Waals surface area contributed by atoms with Crippen molar-refractivity contribution >= 4 is 5.97 Å². The van der Waals surface area contributed by atoms with Gasteiger partial charge in [0.15, 0.2) is 0 Å². The van der Waals surface area contributed by atoms with Gasteiger partial charge in [0.25, 0.3) is 0 Å². The van der Waals surface area contributed by atoms with E-state index >= 15 is 0 Å². The van der Waals surface area contributed by atoms with Gasteiger partial charge in [-0.3, -0.25) is 14.4 Å². The fraction of sp³-hybridized carbons (Fsp3) is 0.692. The Kier molecular flexibility index (Phi) is 2.66. The van der Waals surface area contributed by atoms with E-state index in [-0.39, 0.29) is 18.0 Å². The molecule has 4 unspecified atom stereocenters. The van der Waals surface area contributed by atoms with Crippen LogP contribution in [0, 0.1) is 5.92 Å². The van der Waals surface area contributed by atoms with Gasteiger partial charge in [-0.2, -0.15) is 5.10 Å². The van der Waals surface area contributed by atoms with Gasteiger partial charge >= 0.3 is 5.97 Å². The molecule has 2 saturated heterocycles. The fourth-order valence-corrected chi connectivity index (χ4v) is 3.85. The Morgan fingerprint density at radius 1 is 1.56 bits per heavy atom. The lowest BCUT2D eigenvalue weighted by atomic mass is 9.89. The quantitative estimate of drug-likeness (QED) is 0.880. The topological polar surface area (TPSA) is 58.4 Å². The number of aryl methyl sites for hydroxylation is 1. The van der Waals surface area contributed by atoms with E-state index in [1.165, 1.54) is 0 Å². The molecule has 98 valence electrons. The van der Waals surface area contributed by atoms with Gasteiger partial charge in [0.2, 0.25) is 0 Å². The molecule has 18 heavy (non-hydrogen) atoms. The largest absolute Gasteiger partial charge is 0.481 e. The molecule has 1 aromatic rings. The summed E-state index contributed by atoms with van der Waals surface area (Å²) < 4.78 is 1.89. The zero-order valence-electron chi connectivity index (χ0n) is 10.8. The Hall–Kier alpha value is -1.36. The van der Waals surface area contributed by atoms with Crippen molar-refractivity contribution in [2.24, 2.45) is 13.0 Å². The number of nitrogens with zero attached hydrogens (tertiary/aromatic N) is 3. The lowest BCUT2D eigenvalue weighted by Crippen LogP contribution is -2.35. The van der Waals surface area contributed by atoms with Crippen LogP contribution in [0.3, 0.4) is 0 Å². The highest BCUT2D eigenvalue weighted by molar-refractivity contribution is 5.71. The Balaban J connectivity index is 1.86. The third kappa shape index (κ3) is 1.57. The highest BCUT2D eigenvalue weighted by Crippen LogP contribution is 2.46. The van der Waals surface area contributed by atoms with E-state index in [9.17, 15) is 9.90 Å². The van der Waals surface area contributed by atoms with Gasteiger partial charge in [0, 0.05) is 31.4 Å². The van der Waals surface area contributed by atoms with Crippen LogP contribution in [-0.4, -0.2) is 37.8 Å². The molecule has 5 nitrogen and oxygen atoms in total. The smallest absolute Gasteiger partial charge is 0.308 e. The maximum Gasteiger partial charge on any atom is 0.308 e. The summed E-state index contributed by atoms with van der Waals surface area (Å²) in [6.45, 7) is 2.16. The van der Waals surface area contributed by atoms with Crippen LogP contribution in [0.15, 0.2) is 12.3 Å². The van der Waals surface area contributed by atoms with E-state index in [0.717, 1.165) is 25.0 Å². The third-order valence-corrected chi connectivity index (χ3v) is 4.64. The molecule has 4 atom stereocenters. The molecule has 0 aromatic carbocycles. The number of carbonyl (C=O) groups is 1. The average molecular weight is 249 g/mol. The number of carboxylic acid groups (broad SMARTS) is 1. The van der Waals surface area contributed by atoms with Crippen molar-refractivity contribution in [1.29, 1.82) is 0 Å². The van der Waals surface area contributed by atoms with Gasteiger partial charge in [-0.05, 0) is 32.3 Å². The molecular weight excluding hydrogens is 230 g/mol. The summed E-state index contributed by atoms with van der Waals surface area (Å²) in [6.07, 6.45) is 4.77.